The van der Waals surface area contributed by atoms with Gasteiger partial charge in [-0.25, -0.2) is 4.98 Å². The van der Waals surface area contributed by atoms with Gasteiger partial charge in [-0.3, -0.25) is 0 Å². The van der Waals surface area contributed by atoms with E-state index in [0.29, 0.717) is 0 Å². The number of nitrogens with two attached hydrogens (primary N) is 1. The Labute approximate surface area is 106 Å². The predicted octanol–water partition coefficient (Wildman–Crippen LogP) is 2.79. The van der Waals surface area contributed by atoms with Gasteiger partial charge in [-0.1, -0.05) is 24.3 Å². The van der Waals surface area contributed by atoms with Gasteiger partial charge in [0.15, 0.2) is 0 Å². The second-order valence-electron chi connectivity index (χ2n) is 4.85. The van der Waals surface area contributed by atoms with Crippen LogP contribution in [0.1, 0.15) is 28.2 Å². The molecule has 0 saturated heterocycles. The molecule has 0 saturated carbocycles. The van der Waals surface area contributed by atoms with Crippen LogP contribution in [0.25, 0.3) is 0 Å². The molecule has 1 heterocycles. The van der Waals surface area contributed by atoms with Crippen molar-refractivity contribution in [2.75, 3.05) is 0 Å². The van der Waals surface area contributed by atoms with Crippen molar-refractivity contribution in [1.82, 2.24) is 4.98 Å². The predicted molar refractivity (Wildman–Crippen MR) is 71.2 cm³/mol. The van der Waals surface area contributed by atoms with E-state index < -0.39 is 0 Å². The van der Waals surface area contributed by atoms with Crippen LogP contribution in [0.15, 0.2) is 29.6 Å². The van der Waals surface area contributed by atoms with Gasteiger partial charge in [-0.05, 0) is 30.9 Å². The Morgan fingerprint density at radius 2 is 2.24 bits per heavy atom. The highest BCUT2D eigenvalue weighted by Gasteiger charge is 2.35. The van der Waals surface area contributed by atoms with Gasteiger partial charge in [0.25, 0.3) is 0 Å². The summed E-state index contributed by atoms with van der Waals surface area (Å²) < 4.78 is 0. The normalized spacial score (nSPS) is 22.7. The second-order valence-corrected chi connectivity index (χ2v) is 5.91. The van der Waals surface area contributed by atoms with E-state index in [1.165, 1.54) is 11.1 Å². The molecule has 1 aromatic heterocycles. The molecule has 2 aromatic rings. The number of aryl methyl sites for hydroxylation is 2. The Morgan fingerprint density at radius 3 is 3.00 bits per heavy atom. The van der Waals surface area contributed by atoms with E-state index in [1.807, 2.05) is 6.92 Å². The average Bonchev–Trinajstić information content (AvgIpc) is 2.86. The van der Waals surface area contributed by atoms with Crippen LogP contribution in [0.4, 0.5) is 0 Å². The number of hydrogen-bond donors (Lipinski definition) is 1. The van der Waals surface area contributed by atoms with Gasteiger partial charge in [0.05, 0.1) is 10.7 Å². The van der Waals surface area contributed by atoms with E-state index in [1.54, 1.807) is 11.3 Å². The molecule has 0 radical (unpaired) electrons. The highest BCUT2D eigenvalue weighted by molar-refractivity contribution is 7.09. The standard InChI is InChI=1S/C14H16N2S/c1-10-16-12(9-17-10)8-14(15)7-6-11-4-2-3-5-13(11)14/h2-5,9H,6-8,15H2,1H3. The highest BCUT2D eigenvalue weighted by atomic mass is 32.1. The number of fused-ring (bicyclic) bond motifs is 1. The van der Waals surface area contributed by atoms with E-state index in [4.69, 9.17) is 5.73 Å². The Hall–Kier alpha value is -1.19. The zero-order valence-electron chi connectivity index (χ0n) is 9.94. The molecular formula is C14H16N2S. The summed E-state index contributed by atoms with van der Waals surface area (Å²) in [4.78, 5) is 4.53. The molecule has 1 unspecified atom stereocenters. The van der Waals surface area contributed by atoms with Gasteiger partial charge in [-0.15, -0.1) is 11.3 Å². The molecule has 3 rings (SSSR count). The second kappa shape index (κ2) is 3.93. The molecule has 0 spiro atoms. The van der Waals surface area contributed by atoms with Crippen LogP contribution in [0, 0.1) is 6.92 Å². The Morgan fingerprint density at radius 1 is 1.41 bits per heavy atom. The van der Waals surface area contributed by atoms with Crippen LogP contribution >= 0.6 is 11.3 Å². The third kappa shape index (κ3) is 1.90. The van der Waals surface area contributed by atoms with Gasteiger partial charge >= 0.3 is 0 Å². The fraction of sp³-hybridized carbons (Fsp3) is 0.357. The summed E-state index contributed by atoms with van der Waals surface area (Å²) in [6.07, 6.45) is 2.98. The average molecular weight is 244 g/mol. The molecule has 17 heavy (non-hydrogen) atoms. The zero-order chi connectivity index (χ0) is 11.9. The Bertz CT molecular complexity index is 547. The van der Waals surface area contributed by atoms with Crippen molar-refractivity contribution in [3.8, 4) is 0 Å². The quantitative estimate of drug-likeness (QED) is 0.882. The molecule has 2 nitrogen and oxygen atoms in total. The molecule has 0 aliphatic heterocycles. The van der Waals surface area contributed by atoms with Crippen LogP contribution in [-0.2, 0) is 18.4 Å². The minimum Gasteiger partial charge on any atom is -0.321 e. The van der Waals surface area contributed by atoms with Crippen molar-refractivity contribution < 1.29 is 0 Å². The summed E-state index contributed by atoms with van der Waals surface area (Å²) in [5.74, 6) is 0. The first-order valence-electron chi connectivity index (χ1n) is 5.96. The molecule has 3 heteroatoms. The molecule has 0 amide bonds. The summed E-state index contributed by atoms with van der Waals surface area (Å²) in [5, 5.41) is 3.25. The van der Waals surface area contributed by atoms with E-state index in [9.17, 15) is 0 Å². The number of hydrogen-bond acceptors (Lipinski definition) is 3. The molecule has 1 aliphatic carbocycles. The van der Waals surface area contributed by atoms with Crippen molar-refractivity contribution in [3.05, 3.63) is 51.5 Å². The fourth-order valence-corrected chi connectivity index (χ4v) is 3.33. The summed E-state index contributed by atoms with van der Waals surface area (Å²) in [6.45, 7) is 2.04. The third-order valence-electron chi connectivity index (χ3n) is 3.56. The van der Waals surface area contributed by atoms with Crippen molar-refractivity contribution in [3.63, 3.8) is 0 Å². The SMILES string of the molecule is Cc1nc(CC2(N)CCc3ccccc32)cs1. The molecule has 1 aromatic carbocycles. The van der Waals surface area contributed by atoms with E-state index in [2.05, 4.69) is 34.6 Å². The van der Waals surface area contributed by atoms with Crippen molar-refractivity contribution in [1.29, 1.82) is 0 Å². The maximum Gasteiger partial charge on any atom is 0.0897 e. The molecule has 1 aliphatic rings. The first-order valence-corrected chi connectivity index (χ1v) is 6.84. The van der Waals surface area contributed by atoms with Crippen LogP contribution in [0.2, 0.25) is 0 Å². The largest absolute Gasteiger partial charge is 0.321 e. The van der Waals surface area contributed by atoms with Crippen molar-refractivity contribution >= 4 is 11.3 Å². The number of nitrogens with zero attached hydrogens (tertiary/aromatic N) is 1. The highest BCUT2D eigenvalue weighted by Crippen LogP contribution is 2.37. The van der Waals surface area contributed by atoms with E-state index >= 15 is 0 Å². The first-order chi connectivity index (χ1) is 8.17. The lowest BCUT2D eigenvalue weighted by Gasteiger charge is -2.24. The summed E-state index contributed by atoms with van der Waals surface area (Å²) in [6, 6.07) is 8.54. The van der Waals surface area contributed by atoms with Crippen molar-refractivity contribution in [2.45, 2.75) is 31.7 Å². The lowest BCUT2D eigenvalue weighted by Crippen LogP contribution is -2.36. The zero-order valence-corrected chi connectivity index (χ0v) is 10.8. The minimum atomic E-state index is -0.211. The first kappa shape index (κ1) is 10.9. The maximum absolute atomic E-state index is 6.58. The number of rotatable bonds is 2. The fourth-order valence-electron chi connectivity index (χ4n) is 2.71. The molecule has 0 fully saturated rings. The monoisotopic (exact) mass is 244 g/mol. The lowest BCUT2D eigenvalue weighted by molar-refractivity contribution is 0.435. The topological polar surface area (TPSA) is 38.9 Å². The molecular weight excluding hydrogens is 228 g/mol. The molecule has 2 N–H and O–H groups in total. The molecule has 0 bridgehead atoms. The van der Waals surface area contributed by atoms with Crippen LogP contribution in [-0.4, -0.2) is 4.98 Å². The smallest absolute Gasteiger partial charge is 0.0897 e. The van der Waals surface area contributed by atoms with Gasteiger partial charge < -0.3 is 5.73 Å². The third-order valence-corrected chi connectivity index (χ3v) is 4.38. The van der Waals surface area contributed by atoms with Crippen LogP contribution < -0.4 is 5.73 Å². The van der Waals surface area contributed by atoms with E-state index in [0.717, 1.165) is 30.0 Å². The summed E-state index contributed by atoms with van der Waals surface area (Å²) in [5.41, 5.74) is 10.2. The van der Waals surface area contributed by atoms with Crippen molar-refractivity contribution in [2.24, 2.45) is 5.73 Å². The number of benzene rings is 1. The molecule has 1 atom stereocenters. The number of aromatic nitrogens is 1. The summed E-state index contributed by atoms with van der Waals surface area (Å²) >= 11 is 1.70. The van der Waals surface area contributed by atoms with Crippen LogP contribution in [0.3, 0.4) is 0 Å². The summed E-state index contributed by atoms with van der Waals surface area (Å²) in [7, 11) is 0. The maximum atomic E-state index is 6.58. The number of thiazole rings is 1. The lowest BCUT2D eigenvalue weighted by atomic mass is 9.88. The Balaban J connectivity index is 1.93. The molecule has 88 valence electrons. The van der Waals surface area contributed by atoms with Crippen LogP contribution in [0.5, 0.6) is 0 Å². The van der Waals surface area contributed by atoms with Gasteiger partial charge in [0, 0.05) is 17.3 Å². The van der Waals surface area contributed by atoms with Gasteiger partial charge in [-0.2, -0.15) is 0 Å². The van der Waals surface area contributed by atoms with Gasteiger partial charge in [0.1, 0.15) is 0 Å². The van der Waals surface area contributed by atoms with E-state index in [-0.39, 0.29) is 5.54 Å². The van der Waals surface area contributed by atoms with Gasteiger partial charge in [0.2, 0.25) is 0 Å². The minimum absolute atomic E-state index is 0.211. The Kier molecular flexibility index (Phi) is 2.53.